The fourth-order valence-corrected chi connectivity index (χ4v) is 4.71. The zero-order valence-electron chi connectivity index (χ0n) is 15.5. The van der Waals surface area contributed by atoms with Gasteiger partial charge in [-0.05, 0) is 38.7 Å². The number of nitrogens with one attached hydrogen (secondary N) is 1. The highest BCUT2D eigenvalue weighted by Gasteiger charge is 2.33. The summed E-state index contributed by atoms with van der Waals surface area (Å²) in [6.45, 7) is 4.78. The van der Waals surface area contributed by atoms with Crippen LogP contribution in [-0.2, 0) is 32.0 Å². The lowest BCUT2D eigenvalue weighted by Gasteiger charge is -2.32. The Morgan fingerprint density at radius 2 is 1.81 bits per heavy atom. The quantitative estimate of drug-likeness (QED) is 0.576. The zero-order chi connectivity index (χ0) is 19.6. The van der Waals surface area contributed by atoms with E-state index in [1.807, 2.05) is 0 Å². The van der Waals surface area contributed by atoms with E-state index in [1.165, 1.54) is 21.1 Å². The summed E-state index contributed by atoms with van der Waals surface area (Å²) >= 11 is 1.39. The van der Waals surface area contributed by atoms with Crippen LogP contribution in [0.3, 0.4) is 0 Å². The molecule has 0 atom stereocenters. The lowest BCUT2D eigenvalue weighted by molar-refractivity contribution is -0.156. The first-order valence-electron chi connectivity index (χ1n) is 9.15. The van der Waals surface area contributed by atoms with Gasteiger partial charge in [0.05, 0.1) is 12.2 Å². The zero-order valence-corrected chi connectivity index (χ0v) is 16.3. The largest absolute Gasteiger partial charge is 0.462 e. The molecule has 1 fully saturated rings. The fourth-order valence-electron chi connectivity index (χ4n) is 3.42. The SMILES string of the molecule is CCOC(=O)c1c(NC(=O)CN2CCN(CC)C(=O)C2=O)sc2c1CCC2. The van der Waals surface area contributed by atoms with Gasteiger partial charge >= 0.3 is 17.8 Å². The molecule has 0 bridgehead atoms. The number of likely N-dealkylation sites (N-methyl/N-ethyl adjacent to an activating group) is 1. The van der Waals surface area contributed by atoms with Gasteiger partial charge in [-0.25, -0.2) is 4.79 Å². The van der Waals surface area contributed by atoms with E-state index in [0.29, 0.717) is 30.2 Å². The summed E-state index contributed by atoms with van der Waals surface area (Å²) < 4.78 is 5.14. The first kappa shape index (κ1) is 19.3. The first-order valence-corrected chi connectivity index (χ1v) is 9.97. The van der Waals surface area contributed by atoms with Crippen LogP contribution in [0.4, 0.5) is 5.00 Å². The van der Waals surface area contributed by atoms with Crippen molar-refractivity contribution in [2.45, 2.75) is 33.1 Å². The van der Waals surface area contributed by atoms with Gasteiger partial charge < -0.3 is 19.9 Å². The number of anilines is 1. The minimum atomic E-state index is -0.669. The molecule has 8 nitrogen and oxygen atoms in total. The van der Waals surface area contributed by atoms with E-state index in [0.717, 1.165) is 29.7 Å². The van der Waals surface area contributed by atoms with Gasteiger partial charge in [0, 0.05) is 24.5 Å². The molecular weight excluding hydrogens is 370 g/mol. The Kier molecular flexibility index (Phi) is 5.79. The molecule has 0 saturated carbocycles. The Morgan fingerprint density at radius 1 is 1.11 bits per heavy atom. The molecule has 1 saturated heterocycles. The summed E-state index contributed by atoms with van der Waals surface area (Å²) in [5.41, 5.74) is 1.39. The van der Waals surface area contributed by atoms with E-state index in [4.69, 9.17) is 4.74 Å². The maximum Gasteiger partial charge on any atom is 0.341 e. The maximum atomic E-state index is 12.5. The van der Waals surface area contributed by atoms with Gasteiger partial charge in [-0.3, -0.25) is 14.4 Å². The average Bonchev–Trinajstić information content (AvgIpc) is 3.20. The number of thiophene rings is 1. The molecule has 9 heteroatoms. The van der Waals surface area contributed by atoms with Crippen molar-refractivity contribution in [3.63, 3.8) is 0 Å². The molecule has 0 unspecified atom stereocenters. The minimum Gasteiger partial charge on any atom is -0.462 e. The third-order valence-corrected chi connectivity index (χ3v) is 5.97. The van der Waals surface area contributed by atoms with Gasteiger partial charge in [0.15, 0.2) is 0 Å². The van der Waals surface area contributed by atoms with Gasteiger partial charge in [-0.15, -0.1) is 11.3 Å². The molecule has 3 rings (SSSR count). The van der Waals surface area contributed by atoms with Crippen molar-refractivity contribution in [1.82, 2.24) is 9.80 Å². The lowest BCUT2D eigenvalue weighted by atomic mass is 10.1. The van der Waals surface area contributed by atoms with Crippen LogP contribution in [0.25, 0.3) is 0 Å². The van der Waals surface area contributed by atoms with Gasteiger partial charge in [0.25, 0.3) is 0 Å². The van der Waals surface area contributed by atoms with Gasteiger partial charge in [-0.1, -0.05) is 0 Å². The number of amides is 3. The molecular formula is C18H23N3O5S. The second-order valence-corrected chi connectivity index (χ2v) is 7.55. The van der Waals surface area contributed by atoms with E-state index in [-0.39, 0.29) is 13.2 Å². The van der Waals surface area contributed by atoms with E-state index in [1.54, 1.807) is 13.8 Å². The summed E-state index contributed by atoms with van der Waals surface area (Å²) in [5, 5.41) is 3.21. The smallest absolute Gasteiger partial charge is 0.341 e. The van der Waals surface area contributed by atoms with E-state index in [9.17, 15) is 19.2 Å². The molecule has 2 aliphatic rings. The molecule has 1 aromatic heterocycles. The van der Waals surface area contributed by atoms with Gasteiger partial charge in [0.1, 0.15) is 11.5 Å². The third kappa shape index (κ3) is 3.83. The van der Waals surface area contributed by atoms with Gasteiger partial charge in [-0.2, -0.15) is 0 Å². The van der Waals surface area contributed by atoms with Crippen molar-refractivity contribution in [3.05, 3.63) is 16.0 Å². The molecule has 3 amide bonds. The van der Waals surface area contributed by atoms with Crippen LogP contribution in [-0.4, -0.2) is 66.3 Å². The Morgan fingerprint density at radius 3 is 2.52 bits per heavy atom. The van der Waals surface area contributed by atoms with Crippen LogP contribution in [0, 0.1) is 0 Å². The van der Waals surface area contributed by atoms with E-state index in [2.05, 4.69) is 5.32 Å². The number of hydrogen-bond donors (Lipinski definition) is 1. The van der Waals surface area contributed by atoms with Crippen molar-refractivity contribution in [2.24, 2.45) is 0 Å². The Bertz CT molecular complexity index is 788. The van der Waals surface area contributed by atoms with Crippen LogP contribution in [0.1, 0.15) is 41.1 Å². The van der Waals surface area contributed by atoms with Crippen LogP contribution < -0.4 is 5.32 Å². The van der Waals surface area contributed by atoms with E-state index >= 15 is 0 Å². The number of carbonyl (C=O) groups is 4. The standard InChI is InChI=1S/C18H23N3O5S/c1-3-20-8-9-21(17(24)16(20)23)10-13(22)19-15-14(18(25)26-4-2)11-6-5-7-12(11)27-15/h3-10H2,1-2H3,(H,19,22). The number of esters is 1. The predicted octanol–water partition coefficient (Wildman–Crippen LogP) is 1.04. The second-order valence-electron chi connectivity index (χ2n) is 6.44. The monoisotopic (exact) mass is 393 g/mol. The highest BCUT2D eigenvalue weighted by atomic mass is 32.1. The number of ether oxygens (including phenoxy) is 1. The van der Waals surface area contributed by atoms with Crippen LogP contribution >= 0.6 is 11.3 Å². The number of rotatable bonds is 6. The number of aryl methyl sites for hydroxylation is 1. The molecule has 0 aromatic carbocycles. The molecule has 1 aromatic rings. The second kappa shape index (κ2) is 8.08. The van der Waals surface area contributed by atoms with Crippen molar-refractivity contribution >= 4 is 40.0 Å². The number of piperazine rings is 1. The van der Waals surface area contributed by atoms with Crippen molar-refractivity contribution < 1.29 is 23.9 Å². The molecule has 1 aliphatic carbocycles. The van der Waals surface area contributed by atoms with Crippen molar-refractivity contribution in [3.8, 4) is 0 Å². The van der Waals surface area contributed by atoms with Crippen molar-refractivity contribution in [1.29, 1.82) is 0 Å². The highest BCUT2D eigenvalue weighted by Crippen LogP contribution is 2.39. The first-order chi connectivity index (χ1) is 13.0. The predicted molar refractivity (Wildman–Crippen MR) is 99.8 cm³/mol. The maximum absolute atomic E-state index is 12.5. The molecule has 1 N–H and O–H groups in total. The summed E-state index contributed by atoms with van der Waals surface area (Å²) in [6.07, 6.45) is 2.66. The Hall–Kier alpha value is -2.42. The Balaban J connectivity index is 1.71. The molecule has 2 heterocycles. The highest BCUT2D eigenvalue weighted by molar-refractivity contribution is 7.17. The number of hydrogen-bond acceptors (Lipinski definition) is 6. The fraction of sp³-hybridized carbons (Fsp3) is 0.556. The van der Waals surface area contributed by atoms with Gasteiger partial charge in [0.2, 0.25) is 5.91 Å². The number of fused-ring (bicyclic) bond motifs is 1. The summed E-state index contributed by atoms with van der Waals surface area (Å²) in [6, 6.07) is 0. The molecule has 1 aliphatic heterocycles. The topological polar surface area (TPSA) is 96.0 Å². The lowest BCUT2D eigenvalue weighted by Crippen LogP contribution is -2.55. The summed E-state index contributed by atoms with van der Waals surface area (Å²) in [4.78, 5) is 52.7. The minimum absolute atomic E-state index is 0.215. The van der Waals surface area contributed by atoms with Crippen molar-refractivity contribution in [2.75, 3.05) is 38.1 Å². The number of nitrogens with zero attached hydrogens (tertiary/aromatic N) is 2. The molecule has 27 heavy (non-hydrogen) atoms. The van der Waals surface area contributed by atoms with E-state index < -0.39 is 23.7 Å². The van der Waals surface area contributed by atoms with Crippen LogP contribution in [0.5, 0.6) is 0 Å². The number of carbonyl (C=O) groups excluding carboxylic acids is 4. The Labute approximate surface area is 161 Å². The molecule has 0 spiro atoms. The summed E-state index contributed by atoms with van der Waals surface area (Å²) in [5.74, 6) is -2.11. The summed E-state index contributed by atoms with van der Waals surface area (Å²) in [7, 11) is 0. The molecule has 0 radical (unpaired) electrons. The van der Waals surface area contributed by atoms with Crippen LogP contribution in [0.15, 0.2) is 0 Å². The average molecular weight is 393 g/mol. The van der Waals surface area contributed by atoms with Crippen LogP contribution in [0.2, 0.25) is 0 Å². The molecule has 146 valence electrons. The normalized spacial score (nSPS) is 16.5. The third-order valence-electron chi connectivity index (χ3n) is 4.77.